The number of pyridine rings is 1. The topological polar surface area (TPSA) is 55.1 Å². The number of halogens is 1. The predicted octanol–water partition coefficient (Wildman–Crippen LogP) is 2.37. The van der Waals surface area contributed by atoms with E-state index in [2.05, 4.69) is 10.3 Å². The fourth-order valence-corrected chi connectivity index (χ4v) is 1.26. The second kappa shape index (κ2) is 4.14. The largest absolute Gasteiger partial charge is 0.459 e. The summed E-state index contributed by atoms with van der Waals surface area (Å²) < 4.78 is 18.2. The molecule has 0 radical (unpaired) electrons. The zero-order valence-electron chi connectivity index (χ0n) is 8.53. The highest BCUT2D eigenvalue weighted by atomic mass is 19.1. The number of aryl methyl sites for hydroxylation is 1. The number of furan rings is 1. The second-order valence-electron chi connectivity index (χ2n) is 3.24. The third-order valence-corrected chi connectivity index (χ3v) is 2.09. The normalized spacial score (nSPS) is 10.1. The molecule has 0 atom stereocenters. The fourth-order valence-electron chi connectivity index (χ4n) is 1.26. The van der Waals surface area contributed by atoms with Crippen molar-refractivity contribution in [2.75, 3.05) is 5.32 Å². The van der Waals surface area contributed by atoms with Gasteiger partial charge in [0.1, 0.15) is 0 Å². The van der Waals surface area contributed by atoms with Crippen LogP contribution in [-0.4, -0.2) is 10.9 Å². The molecule has 5 heteroatoms. The van der Waals surface area contributed by atoms with Crippen LogP contribution >= 0.6 is 0 Å². The van der Waals surface area contributed by atoms with Crippen LogP contribution in [0.4, 0.5) is 10.1 Å². The van der Waals surface area contributed by atoms with Crippen LogP contribution in [0.5, 0.6) is 0 Å². The summed E-state index contributed by atoms with van der Waals surface area (Å²) in [7, 11) is 0. The third-order valence-electron chi connectivity index (χ3n) is 2.09. The summed E-state index contributed by atoms with van der Waals surface area (Å²) in [6.45, 7) is 1.74. The summed E-state index contributed by atoms with van der Waals surface area (Å²) >= 11 is 0. The zero-order chi connectivity index (χ0) is 11.5. The number of carbonyl (C=O) groups is 1. The first-order valence-corrected chi connectivity index (χ1v) is 4.63. The Balaban J connectivity index is 2.21. The third kappa shape index (κ3) is 1.93. The van der Waals surface area contributed by atoms with Gasteiger partial charge in [-0.1, -0.05) is 0 Å². The Morgan fingerprint density at radius 1 is 1.50 bits per heavy atom. The van der Waals surface area contributed by atoms with E-state index in [4.69, 9.17) is 4.42 Å². The van der Waals surface area contributed by atoms with Crippen molar-refractivity contribution in [2.24, 2.45) is 0 Å². The molecule has 0 spiro atoms. The first-order chi connectivity index (χ1) is 7.68. The van der Waals surface area contributed by atoms with E-state index in [0.717, 1.165) is 6.20 Å². The smallest absolute Gasteiger partial charge is 0.291 e. The first kappa shape index (κ1) is 10.4. The number of hydrogen-bond acceptors (Lipinski definition) is 3. The molecule has 1 N–H and O–H groups in total. The molecule has 1 amide bonds. The highest BCUT2D eigenvalue weighted by molar-refractivity contribution is 6.03. The molecule has 0 bridgehead atoms. The Morgan fingerprint density at radius 2 is 2.31 bits per heavy atom. The summed E-state index contributed by atoms with van der Waals surface area (Å²) in [5, 5.41) is 2.41. The molecule has 0 aliphatic rings. The first-order valence-electron chi connectivity index (χ1n) is 4.63. The molecule has 0 aliphatic heterocycles. The molecule has 2 aromatic rings. The minimum Gasteiger partial charge on any atom is -0.459 e. The van der Waals surface area contributed by atoms with Gasteiger partial charge in [0.05, 0.1) is 18.1 Å². The summed E-state index contributed by atoms with van der Waals surface area (Å²) in [5.41, 5.74) is 0.780. The number of anilines is 1. The SMILES string of the molecule is Cc1ccoc1C(=O)Nc1ccncc1F. The van der Waals surface area contributed by atoms with E-state index >= 15 is 0 Å². The van der Waals surface area contributed by atoms with Crippen LogP contribution in [0.15, 0.2) is 35.2 Å². The zero-order valence-corrected chi connectivity index (χ0v) is 8.53. The van der Waals surface area contributed by atoms with Crippen molar-refractivity contribution in [3.05, 3.63) is 47.9 Å². The van der Waals surface area contributed by atoms with Crippen molar-refractivity contribution in [1.29, 1.82) is 0 Å². The minimum atomic E-state index is -0.583. The molecule has 0 aliphatic carbocycles. The Labute approximate surface area is 91.1 Å². The Kier molecular flexibility index (Phi) is 2.68. The highest BCUT2D eigenvalue weighted by Gasteiger charge is 2.14. The van der Waals surface area contributed by atoms with Gasteiger partial charge in [-0.05, 0) is 19.1 Å². The molecule has 16 heavy (non-hydrogen) atoms. The van der Waals surface area contributed by atoms with E-state index in [9.17, 15) is 9.18 Å². The van der Waals surface area contributed by atoms with Crippen molar-refractivity contribution in [2.45, 2.75) is 6.92 Å². The number of nitrogens with zero attached hydrogens (tertiary/aromatic N) is 1. The lowest BCUT2D eigenvalue weighted by Gasteiger charge is -2.04. The van der Waals surface area contributed by atoms with E-state index in [-0.39, 0.29) is 11.4 Å². The summed E-state index contributed by atoms with van der Waals surface area (Å²) in [6.07, 6.45) is 3.84. The van der Waals surface area contributed by atoms with Gasteiger partial charge in [-0.3, -0.25) is 9.78 Å². The maximum Gasteiger partial charge on any atom is 0.291 e. The Hall–Kier alpha value is -2.17. The molecule has 0 fully saturated rings. The second-order valence-corrected chi connectivity index (χ2v) is 3.24. The lowest BCUT2D eigenvalue weighted by molar-refractivity contribution is 0.0995. The maximum atomic E-state index is 13.2. The van der Waals surface area contributed by atoms with E-state index in [1.54, 1.807) is 13.0 Å². The van der Waals surface area contributed by atoms with E-state index in [0.29, 0.717) is 5.56 Å². The summed E-state index contributed by atoms with van der Waals surface area (Å²) in [6, 6.07) is 3.04. The molecule has 2 heterocycles. The molecule has 0 saturated heterocycles. The predicted molar refractivity (Wildman–Crippen MR) is 55.6 cm³/mol. The van der Waals surface area contributed by atoms with Crippen LogP contribution in [0.2, 0.25) is 0 Å². The van der Waals surface area contributed by atoms with Crippen molar-refractivity contribution < 1.29 is 13.6 Å². The van der Waals surface area contributed by atoms with Gasteiger partial charge in [-0.25, -0.2) is 4.39 Å². The number of rotatable bonds is 2. The summed E-state index contributed by atoms with van der Waals surface area (Å²) in [4.78, 5) is 15.2. The average molecular weight is 220 g/mol. The molecule has 2 aromatic heterocycles. The molecule has 82 valence electrons. The number of carbonyl (C=O) groups excluding carboxylic acids is 1. The number of nitrogens with one attached hydrogen (secondary N) is 1. The van der Waals surface area contributed by atoms with Gasteiger partial charge in [0.25, 0.3) is 5.91 Å². The molecule has 0 saturated carbocycles. The van der Waals surface area contributed by atoms with Gasteiger partial charge >= 0.3 is 0 Å². The van der Waals surface area contributed by atoms with Crippen LogP contribution < -0.4 is 5.32 Å². The van der Waals surface area contributed by atoms with Crippen LogP contribution in [0, 0.1) is 12.7 Å². The lowest BCUT2D eigenvalue weighted by Crippen LogP contribution is -2.13. The highest BCUT2D eigenvalue weighted by Crippen LogP contribution is 2.15. The lowest BCUT2D eigenvalue weighted by atomic mass is 10.2. The van der Waals surface area contributed by atoms with Crippen LogP contribution in [0.1, 0.15) is 16.1 Å². The number of hydrogen-bond donors (Lipinski definition) is 1. The van der Waals surface area contributed by atoms with Crippen molar-refractivity contribution in [3.8, 4) is 0 Å². The standard InChI is InChI=1S/C11H9FN2O2/c1-7-3-5-16-10(7)11(15)14-9-2-4-13-6-8(9)12/h2-6H,1H3,(H,13,14,15). The van der Waals surface area contributed by atoms with Gasteiger partial charge in [0.15, 0.2) is 11.6 Å². The van der Waals surface area contributed by atoms with E-state index in [1.165, 1.54) is 18.5 Å². The Bertz CT molecular complexity index is 522. The average Bonchev–Trinajstić information content (AvgIpc) is 2.68. The van der Waals surface area contributed by atoms with Crippen LogP contribution in [0.25, 0.3) is 0 Å². The minimum absolute atomic E-state index is 0.0794. The molecular weight excluding hydrogens is 211 g/mol. The van der Waals surface area contributed by atoms with Crippen molar-refractivity contribution >= 4 is 11.6 Å². The van der Waals surface area contributed by atoms with Crippen molar-refractivity contribution in [1.82, 2.24) is 4.98 Å². The number of aromatic nitrogens is 1. The fraction of sp³-hybridized carbons (Fsp3) is 0.0909. The monoisotopic (exact) mass is 220 g/mol. The quantitative estimate of drug-likeness (QED) is 0.845. The Morgan fingerprint density at radius 3 is 2.94 bits per heavy atom. The number of amides is 1. The van der Waals surface area contributed by atoms with E-state index < -0.39 is 11.7 Å². The van der Waals surface area contributed by atoms with Gasteiger partial charge in [-0.15, -0.1) is 0 Å². The molecule has 2 rings (SSSR count). The van der Waals surface area contributed by atoms with Gasteiger partial charge < -0.3 is 9.73 Å². The molecular formula is C11H9FN2O2. The van der Waals surface area contributed by atoms with Crippen LogP contribution in [-0.2, 0) is 0 Å². The molecule has 0 aromatic carbocycles. The van der Waals surface area contributed by atoms with Crippen LogP contribution in [0.3, 0.4) is 0 Å². The van der Waals surface area contributed by atoms with Gasteiger partial charge in [-0.2, -0.15) is 0 Å². The molecule has 4 nitrogen and oxygen atoms in total. The summed E-state index contributed by atoms with van der Waals surface area (Å²) in [5.74, 6) is -0.885. The van der Waals surface area contributed by atoms with Gasteiger partial charge in [0, 0.05) is 11.8 Å². The maximum absolute atomic E-state index is 13.2. The molecule has 0 unspecified atom stereocenters. The van der Waals surface area contributed by atoms with Gasteiger partial charge in [0.2, 0.25) is 0 Å². The van der Waals surface area contributed by atoms with E-state index in [1.807, 2.05) is 0 Å². The van der Waals surface area contributed by atoms with Crippen molar-refractivity contribution in [3.63, 3.8) is 0 Å².